The molecule has 1 atom stereocenters. The largest absolute Gasteiger partial charge is 0.345 e. The van der Waals surface area contributed by atoms with Crippen LogP contribution < -0.4 is 10.8 Å². The average molecular weight is 608 g/mol. The lowest BCUT2D eigenvalue weighted by atomic mass is 9.75. The predicted octanol–water partition coefficient (Wildman–Crippen LogP) is 5.89. The molecule has 4 N–H and O–H groups in total. The van der Waals surface area contributed by atoms with E-state index < -0.39 is 11.5 Å². The zero-order chi connectivity index (χ0) is 30.9. The molecule has 0 unspecified atom stereocenters. The van der Waals surface area contributed by atoms with Crippen molar-refractivity contribution in [1.82, 2.24) is 10.2 Å². The van der Waals surface area contributed by atoms with Gasteiger partial charge >= 0.3 is 0 Å². The number of carbonyl (C=O) groups excluding carboxylic acids is 2. The minimum atomic E-state index is -0.728. The van der Waals surface area contributed by atoms with Gasteiger partial charge in [-0.2, -0.15) is 5.53 Å². The van der Waals surface area contributed by atoms with Crippen molar-refractivity contribution in [3.05, 3.63) is 70.0 Å². The number of nitrogens with one attached hydrogen (secondary N) is 2. The van der Waals surface area contributed by atoms with Crippen LogP contribution in [0.3, 0.4) is 0 Å². The summed E-state index contributed by atoms with van der Waals surface area (Å²) in [5, 5.41) is 13.7. The van der Waals surface area contributed by atoms with E-state index in [2.05, 4.69) is 31.2 Å². The van der Waals surface area contributed by atoms with Crippen molar-refractivity contribution < 1.29 is 19.5 Å². The van der Waals surface area contributed by atoms with Gasteiger partial charge in [-0.15, -0.1) is 0 Å². The first-order chi connectivity index (χ1) is 20.4. The molecule has 0 saturated heterocycles. The standard InChI is InChI=1S/C33H40ClFN6O2/c1-20(2)21-8-12-33(13-9-21)39-29(24-16-25(34)18-26(35)17-24)31(43)41(33)27(10-11-32(3)14-15-32)22-4-6-23(7-5-22)30(42)38-19-28(36)40-37/h4-7,16-18,20-21,27,36-37H,8-15,19H2,1-3H3,(H,38,42)/p+1/t21?,27-,33?/m1/s1. The number of aliphatic imine (C=N–C) groups is 1. The molecule has 0 bridgehead atoms. The van der Waals surface area contributed by atoms with Crippen LogP contribution in [0.15, 0.2) is 52.6 Å². The molecule has 0 radical (unpaired) electrons. The van der Waals surface area contributed by atoms with Crippen LogP contribution in [0.2, 0.25) is 5.02 Å². The molecule has 1 heterocycles. The Morgan fingerprint density at radius 3 is 2.44 bits per heavy atom. The third kappa shape index (κ3) is 6.71. The van der Waals surface area contributed by atoms with Gasteiger partial charge in [-0.3, -0.25) is 20.0 Å². The molecule has 43 heavy (non-hydrogen) atoms. The van der Waals surface area contributed by atoms with E-state index in [1.54, 1.807) is 18.2 Å². The lowest BCUT2D eigenvalue weighted by molar-refractivity contribution is -0.207. The summed E-state index contributed by atoms with van der Waals surface area (Å²) in [5.74, 6) is -0.0752. The number of hydrogen-bond donors (Lipinski definition) is 3. The van der Waals surface area contributed by atoms with Gasteiger partial charge in [0, 0.05) is 21.3 Å². The quantitative estimate of drug-likeness (QED) is 0.177. The maximum Gasteiger partial charge on any atom is 0.275 e. The van der Waals surface area contributed by atoms with Crippen LogP contribution in [0.25, 0.3) is 0 Å². The number of amides is 2. The van der Waals surface area contributed by atoms with Crippen LogP contribution in [-0.4, -0.2) is 40.5 Å². The van der Waals surface area contributed by atoms with Gasteiger partial charge in [0.25, 0.3) is 11.8 Å². The minimum absolute atomic E-state index is 0.0648. The van der Waals surface area contributed by atoms with Crippen LogP contribution in [0, 0.1) is 28.5 Å². The SMILES string of the molecule is CC(C)C1CCC2(CC1)N=C(c1cc(F)cc(Cl)c1)C(=O)N2[C@H](CCC1(C)CC1)c1ccc(C(=O)NCC(=N)N=[NH2+])cc1. The van der Waals surface area contributed by atoms with Crippen molar-refractivity contribution in [2.24, 2.45) is 27.4 Å². The highest BCUT2D eigenvalue weighted by Gasteiger charge is 2.52. The molecule has 1 aliphatic heterocycles. The molecule has 5 rings (SSSR count). The van der Waals surface area contributed by atoms with Gasteiger partial charge in [-0.05, 0) is 105 Å². The Morgan fingerprint density at radius 1 is 1.19 bits per heavy atom. The Hall–Kier alpha value is -3.46. The second kappa shape index (κ2) is 12.3. The first kappa shape index (κ1) is 31.0. The van der Waals surface area contributed by atoms with E-state index >= 15 is 0 Å². The fourth-order valence-electron chi connectivity index (χ4n) is 6.61. The Morgan fingerprint density at radius 2 is 1.86 bits per heavy atom. The van der Waals surface area contributed by atoms with E-state index in [9.17, 15) is 14.0 Å². The molecular weight excluding hydrogens is 567 g/mol. The van der Waals surface area contributed by atoms with E-state index in [0.717, 1.165) is 44.1 Å². The molecule has 3 aliphatic rings. The third-order valence-corrected chi connectivity index (χ3v) is 9.88. The van der Waals surface area contributed by atoms with Crippen molar-refractivity contribution in [1.29, 1.82) is 5.41 Å². The molecule has 2 aromatic rings. The molecule has 0 aromatic heterocycles. The summed E-state index contributed by atoms with van der Waals surface area (Å²) in [5.41, 5.74) is 6.67. The molecule has 228 valence electrons. The molecule has 1 spiro atoms. The summed E-state index contributed by atoms with van der Waals surface area (Å²) >= 11 is 6.22. The number of rotatable bonds is 10. The maximum atomic E-state index is 14.5. The number of halogens is 2. The zero-order valence-corrected chi connectivity index (χ0v) is 25.9. The summed E-state index contributed by atoms with van der Waals surface area (Å²) in [6, 6.07) is 11.2. The van der Waals surface area contributed by atoms with Gasteiger partial charge in [0.15, 0.2) is 0 Å². The molecule has 2 aliphatic carbocycles. The number of carbonyl (C=O) groups is 2. The molecule has 2 fully saturated rings. The highest BCUT2D eigenvalue weighted by atomic mass is 35.5. The Labute approximate surface area is 257 Å². The van der Waals surface area contributed by atoms with Crippen LogP contribution in [0.5, 0.6) is 0 Å². The monoisotopic (exact) mass is 607 g/mol. The third-order valence-electron chi connectivity index (χ3n) is 9.67. The topological polar surface area (TPSA) is 124 Å². The van der Waals surface area contributed by atoms with E-state index in [1.165, 1.54) is 25.0 Å². The fourth-order valence-corrected chi connectivity index (χ4v) is 6.83. The van der Waals surface area contributed by atoms with Gasteiger partial charge in [0.05, 0.1) is 12.6 Å². The lowest BCUT2D eigenvalue weighted by Gasteiger charge is -2.46. The lowest BCUT2D eigenvalue weighted by Crippen LogP contribution is -2.51. The highest BCUT2D eigenvalue weighted by molar-refractivity contribution is 6.47. The van der Waals surface area contributed by atoms with Gasteiger partial charge in [0.2, 0.25) is 5.84 Å². The highest BCUT2D eigenvalue weighted by Crippen LogP contribution is 2.53. The van der Waals surface area contributed by atoms with E-state index in [4.69, 9.17) is 27.5 Å². The fraction of sp³-hybridized carbons (Fsp3) is 0.515. The van der Waals surface area contributed by atoms with Crippen molar-refractivity contribution in [3.8, 4) is 0 Å². The van der Waals surface area contributed by atoms with Crippen LogP contribution in [0.1, 0.15) is 99.7 Å². The molecule has 2 saturated carbocycles. The van der Waals surface area contributed by atoms with Crippen molar-refractivity contribution in [2.75, 3.05) is 6.54 Å². The zero-order valence-electron chi connectivity index (χ0n) is 25.1. The van der Waals surface area contributed by atoms with Gasteiger partial charge in [0.1, 0.15) is 17.2 Å². The number of amidine groups is 1. The van der Waals surface area contributed by atoms with Crippen LogP contribution >= 0.6 is 11.6 Å². The second-order valence-corrected chi connectivity index (χ2v) is 13.5. The van der Waals surface area contributed by atoms with Gasteiger partial charge in [-0.25, -0.2) is 4.39 Å². The molecular formula is C33H41ClFN6O2+. The number of hydrogen-bond acceptors (Lipinski definition) is 4. The van der Waals surface area contributed by atoms with E-state index in [0.29, 0.717) is 23.0 Å². The molecule has 10 heteroatoms. The Kier molecular flexibility index (Phi) is 8.84. The first-order valence-electron chi connectivity index (χ1n) is 15.2. The summed E-state index contributed by atoms with van der Waals surface area (Å²) in [6.45, 7) is 6.71. The van der Waals surface area contributed by atoms with Crippen molar-refractivity contribution in [3.63, 3.8) is 0 Å². The second-order valence-electron chi connectivity index (χ2n) is 13.1. The first-order valence-corrected chi connectivity index (χ1v) is 15.6. The number of benzene rings is 2. The summed E-state index contributed by atoms with van der Waals surface area (Å²) in [6.07, 6.45) is 7.43. The van der Waals surface area contributed by atoms with Crippen molar-refractivity contribution in [2.45, 2.75) is 83.8 Å². The summed E-state index contributed by atoms with van der Waals surface area (Å²) < 4.78 is 14.5. The van der Waals surface area contributed by atoms with Crippen LogP contribution in [-0.2, 0) is 4.79 Å². The van der Waals surface area contributed by atoms with Gasteiger partial charge < -0.3 is 10.2 Å². The van der Waals surface area contributed by atoms with Crippen LogP contribution in [0.4, 0.5) is 4.39 Å². The molecule has 2 aromatic carbocycles. The summed E-state index contributed by atoms with van der Waals surface area (Å²) in [7, 11) is 0. The van der Waals surface area contributed by atoms with E-state index in [1.807, 2.05) is 17.0 Å². The number of nitrogens with two attached hydrogens (primary N) is 1. The minimum Gasteiger partial charge on any atom is -0.345 e. The number of nitrogens with zero attached hydrogens (tertiary/aromatic N) is 3. The summed E-state index contributed by atoms with van der Waals surface area (Å²) in [4.78, 5) is 34.3. The smallest absolute Gasteiger partial charge is 0.275 e. The van der Waals surface area contributed by atoms with E-state index in [-0.39, 0.29) is 46.4 Å². The normalized spacial score (nSPS) is 23.3. The Bertz CT molecular complexity index is 1420. The van der Waals surface area contributed by atoms with Crippen molar-refractivity contribution >= 4 is 35.0 Å². The Balaban J connectivity index is 1.51. The van der Waals surface area contributed by atoms with Gasteiger partial charge in [-0.1, -0.05) is 44.5 Å². The maximum absolute atomic E-state index is 14.5. The molecule has 2 amide bonds. The molecule has 8 nitrogen and oxygen atoms in total. The predicted molar refractivity (Wildman–Crippen MR) is 164 cm³/mol. The average Bonchev–Trinajstić information content (AvgIpc) is 3.66.